The van der Waals surface area contributed by atoms with Gasteiger partial charge >= 0.3 is 0 Å². The lowest BCUT2D eigenvalue weighted by atomic mass is 10.1. The number of aryl methyl sites for hydroxylation is 2. The topological polar surface area (TPSA) is 53.1 Å². The number of hydrogen-bond acceptors (Lipinski definition) is 3. The Morgan fingerprint density at radius 1 is 1.04 bits per heavy atom. The van der Waals surface area contributed by atoms with E-state index in [1.807, 2.05) is 60.7 Å². The van der Waals surface area contributed by atoms with Crippen LogP contribution in [0.5, 0.6) is 0 Å². The molecule has 116 valence electrons. The van der Waals surface area contributed by atoms with Gasteiger partial charge in [0.1, 0.15) is 11.9 Å². The molecule has 2 aromatic heterocycles. The summed E-state index contributed by atoms with van der Waals surface area (Å²) < 4.78 is 2.02. The third kappa shape index (κ3) is 2.19. The highest BCUT2D eigenvalue weighted by atomic mass is 15.1. The molecule has 0 amide bonds. The number of benzene rings is 2. The number of fused-ring (bicyclic) bond motifs is 3. The molecule has 0 saturated carbocycles. The Hall–Kier alpha value is -3.32. The van der Waals surface area contributed by atoms with Crippen molar-refractivity contribution in [2.45, 2.75) is 13.8 Å². The monoisotopic (exact) mass is 312 g/mol. The zero-order valence-corrected chi connectivity index (χ0v) is 13.5. The molecule has 4 aromatic rings. The number of rotatable bonds is 2. The lowest BCUT2D eigenvalue weighted by molar-refractivity contribution is 1.19. The van der Waals surface area contributed by atoms with Crippen LogP contribution in [0.2, 0.25) is 0 Å². The van der Waals surface area contributed by atoms with Crippen molar-refractivity contribution in [2.24, 2.45) is 0 Å². The molecule has 0 unspecified atom stereocenters. The summed E-state index contributed by atoms with van der Waals surface area (Å²) in [5, 5.41) is 13.0. The molecule has 0 aliphatic heterocycles. The Kier molecular flexibility index (Phi) is 3.21. The molecule has 4 rings (SSSR count). The zero-order chi connectivity index (χ0) is 16.7. The Balaban J connectivity index is 2.06. The van der Waals surface area contributed by atoms with Crippen LogP contribution in [0.25, 0.3) is 16.7 Å². The molecule has 24 heavy (non-hydrogen) atoms. The first-order valence-corrected chi connectivity index (χ1v) is 7.82. The Morgan fingerprint density at radius 2 is 1.83 bits per heavy atom. The number of hydrogen-bond donors (Lipinski definition) is 1. The molecule has 0 saturated heterocycles. The van der Waals surface area contributed by atoms with E-state index in [9.17, 15) is 5.26 Å². The highest BCUT2D eigenvalue weighted by Gasteiger charge is 2.15. The molecule has 0 bridgehead atoms. The van der Waals surface area contributed by atoms with E-state index in [0.29, 0.717) is 11.2 Å². The van der Waals surface area contributed by atoms with Crippen molar-refractivity contribution in [3.05, 3.63) is 71.3 Å². The van der Waals surface area contributed by atoms with E-state index in [2.05, 4.69) is 23.5 Å². The number of aromatic nitrogens is 2. The number of imidazole rings is 1. The van der Waals surface area contributed by atoms with Crippen LogP contribution < -0.4 is 5.32 Å². The largest absolute Gasteiger partial charge is 0.341 e. The molecule has 0 atom stereocenters. The Bertz CT molecular complexity index is 1100. The molecule has 2 heterocycles. The van der Waals surface area contributed by atoms with E-state index < -0.39 is 0 Å². The first-order valence-electron chi connectivity index (χ1n) is 7.82. The van der Waals surface area contributed by atoms with Gasteiger partial charge in [0.05, 0.1) is 16.6 Å². The molecule has 1 N–H and O–H groups in total. The molecular formula is C20H16N4. The quantitative estimate of drug-likeness (QED) is 0.582. The fraction of sp³-hybridized carbons (Fsp3) is 0.100. The Labute approximate surface area is 140 Å². The molecule has 0 fully saturated rings. The number of nitrogens with zero attached hydrogens (tertiary/aromatic N) is 3. The van der Waals surface area contributed by atoms with Crippen molar-refractivity contribution in [3.63, 3.8) is 0 Å². The van der Waals surface area contributed by atoms with Crippen LogP contribution in [0.3, 0.4) is 0 Å². The van der Waals surface area contributed by atoms with Crippen LogP contribution in [0, 0.1) is 25.2 Å². The summed E-state index contributed by atoms with van der Waals surface area (Å²) in [7, 11) is 0. The fourth-order valence-electron chi connectivity index (χ4n) is 3.02. The number of nitrogens with one attached hydrogen (secondary N) is 1. The average molecular weight is 312 g/mol. The van der Waals surface area contributed by atoms with Gasteiger partial charge in [0, 0.05) is 5.69 Å². The summed E-state index contributed by atoms with van der Waals surface area (Å²) in [5.74, 6) is 0.902. The predicted molar refractivity (Wildman–Crippen MR) is 96.6 cm³/mol. The summed E-state index contributed by atoms with van der Waals surface area (Å²) in [6.45, 7) is 3.99. The van der Waals surface area contributed by atoms with Crippen LogP contribution in [-0.4, -0.2) is 9.38 Å². The molecule has 0 aliphatic rings. The lowest BCUT2D eigenvalue weighted by Crippen LogP contribution is -2.01. The van der Waals surface area contributed by atoms with Gasteiger partial charge in [-0.2, -0.15) is 5.26 Å². The third-order valence-electron chi connectivity index (χ3n) is 4.18. The number of pyridine rings is 1. The van der Waals surface area contributed by atoms with Crippen molar-refractivity contribution in [1.29, 1.82) is 5.26 Å². The molecule has 0 aliphatic carbocycles. The van der Waals surface area contributed by atoms with Gasteiger partial charge in [-0.3, -0.25) is 4.40 Å². The van der Waals surface area contributed by atoms with Gasteiger partial charge in [0.15, 0.2) is 5.65 Å². The summed E-state index contributed by atoms with van der Waals surface area (Å²) in [5.41, 5.74) is 6.25. The zero-order valence-electron chi connectivity index (χ0n) is 13.5. The molecule has 0 spiro atoms. The van der Waals surface area contributed by atoms with E-state index in [0.717, 1.165) is 33.7 Å². The van der Waals surface area contributed by atoms with Gasteiger partial charge in [0.25, 0.3) is 0 Å². The molecule has 4 heteroatoms. The van der Waals surface area contributed by atoms with E-state index in [1.54, 1.807) is 0 Å². The second kappa shape index (κ2) is 5.39. The second-order valence-electron chi connectivity index (χ2n) is 5.95. The maximum absolute atomic E-state index is 9.55. The van der Waals surface area contributed by atoms with E-state index >= 15 is 0 Å². The maximum Gasteiger partial charge on any atom is 0.157 e. The van der Waals surface area contributed by atoms with Gasteiger partial charge < -0.3 is 5.32 Å². The first-order chi connectivity index (χ1) is 11.7. The third-order valence-corrected chi connectivity index (χ3v) is 4.18. The van der Waals surface area contributed by atoms with Crippen molar-refractivity contribution in [3.8, 4) is 6.07 Å². The molecular weight excluding hydrogens is 296 g/mol. The average Bonchev–Trinajstić information content (AvgIpc) is 2.94. The maximum atomic E-state index is 9.55. The van der Waals surface area contributed by atoms with Crippen LogP contribution >= 0.6 is 0 Å². The second-order valence-corrected chi connectivity index (χ2v) is 5.95. The summed E-state index contributed by atoms with van der Waals surface area (Å²) >= 11 is 0. The van der Waals surface area contributed by atoms with Crippen molar-refractivity contribution >= 4 is 28.2 Å². The minimum Gasteiger partial charge on any atom is -0.341 e. The predicted octanol–water partition coefficient (Wildman–Crippen LogP) is 4.72. The lowest BCUT2D eigenvalue weighted by Gasteiger charge is -2.12. The first kappa shape index (κ1) is 14.3. The highest BCUT2D eigenvalue weighted by Crippen LogP contribution is 2.28. The molecule has 4 nitrogen and oxygen atoms in total. The van der Waals surface area contributed by atoms with Crippen molar-refractivity contribution in [1.82, 2.24) is 9.38 Å². The number of para-hydroxylation sites is 1. The SMILES string of the molecule is Cc1ccc2c(c1)nc1c(C#N)c(C)cc(Nc3ccccc3)n12. The van der Waals surface area contributed by atoms with Gasteiger partial charge in [-0.25, -0.2) is 4.98 Å². The van der Waals surface area contributed by atoms with Crippen LogP contribution in [0.15, 0.2) is 54.6 Å². The summed E-state index contributed by atoms with van der Waals surface area (Å²) in [6, 6.07) is 20.5. The van der Waals surface area contributed by atoms with Gasteiger partial charge in [0.2, 0.25) is 0 Å². The Morgan fingerprint density at radius 3 is 2.58 bits per heavy atom. The molecule has 0 radical (unpaired) electrons. The van der Waals surface area contributed by atoms with Crippen molar-refractivity contribution < 1.29 is 0 Å². The normalized spacial score (nSPS) is 10.9. The minimum atomic E-state index is 0.613. The highest BCUT2D eigenvalue weighted by molar-refractivity contribution is 5.86. The minimum absolute atomic E-state index is 0.613. The van der Waals surface area contributed by atoms with Gasteiger partial charge in [-0.05, 0) is 55.3 Å². The molecule has 2 aromatic carbocycles. The van der Waals surface area contributed by atoms with Crippen molar-refractivity contribution in [2.75, 3.05) is 5.32 Å². The summed E-state index contributed by atoms with van der Waals surface area (Å²) in [6.07, 6.45) is 0. The van der Waals surface area contributed by atoms with E-state index in [-0.39, 0.29) is 0 Å². The van der Waals surface area contributed by atoms with Crippen LogP contribution in [-0.2, 0) is 0 Å². The fourth-order valence-corrected chi connectivity index (χ4v) is 3.02. The number of nitriles is 1. The number of anilines is 2. The summed E-state index contributed by atoms with van der Waals surface area (Å²) in [4.78, 5) is 4.71. The van der Waals surface area contributed by atoms with Crippen LogP contribution in [0.1, 0.15) is 16.7 Å². The standard InChI is InChI=1S/C20H16N4/c1-13-8-9-18-17(10-13)23-20-16(12-21)14(2)11-19(24(18)20)22-15-6-4-3-5-7-15/h3-11,22H,1-2H3. The van der Waals surface area contributed by atoms with Crippen LogP contribution in [0.4, 0.5) is 11.5 Å². The smallest absolute Gasteiger partial charge is 0.157 e. The van der Waals surface area contributed by atoms with Gasteiger partial charge in [-0.15, -0.1) is 0 Å². The van der Waals surface area contributed by atoms with E-state index in [1.165, 1.54) is 0 Å². The van der Waals surface area contributed by atoms with E-state index in [4.69, 9.17) is 4.98 Å². The van der Waals surface area contributed by atoms with Gasteiger partial charge in [-0.1, -0.05) is 24.3 Å².